The number of rotatable bonds is 5. The largest absolute Gasteiger partial charge is 0.458 e. The number of pyridine rings is 1. The Bertz CT molecular complexity index is 1060. The Labute approximate surface area is 180 Å². The second-order valence-electron chi connectivity index (χ2n) is 7.51. The molecule has 0 saturated carbocycles. The maximum atomic E-state index is 12.7. The van der Waals surface area contributed by atoms with Crippen molar-refractivity contribution in [2.45, 2.75) is 26.0 Å². The highest BCUT2D eigenvalue weighted by atomic mass is 35.5. The molecule has 1 aromatic carbocycles. The maximum absolute atomic E-state index is 12.7. The number of hydrogen-bond donors (Lipinski definition) is 1. The van der Waals surface area contributed by atoms with Crippen LogP contribution in [0.3, 0.4) is 0 Å². The highest BCUT2D eigenvalue weighted by Crippen LogP contribution is 2.30. The lowest BCUT2D eigenvalue weighted by Crippen LogP contribution is -2.30. The quantitative estimate of drug-likeness (QED) is 0.665. The minimum absolute atomic E-state index is 0.0411. The van der Waals surface area contributed by atoms with Crippen LogP contribution in [0, 0.1) is 6.92 Å². The molecule has 3 heterocycles. The first-order chi connectivity index (χ1) is 14.4. The van der Waals surface area contributed by atoms with Crippen LogP contribution in [0.2, 0.25) is 5.02 Å². The Hall–Kier alpha value is -2.90. The van der Waals surface area contributed by atoms with Crippen molar-refractivity contribution in [1.82, 2.24) is 19.4 Å². The summed E-state index contributed by atoms with van der Waals surface area (Å²) in [5.41, 5.74) is 2.86. The third kappa shape index (κ3) is 4.17. The van der Waals surface area contributed by atoms with Crippen molar-refractivity contribution in [3.05, 3.63) is 59.0 Å². The van der Waals surface area contributed by atoms with E-state index in [4.69, 9.17) is 16.3 Å². The normalized spacial score (nSPS) is 16.6. The van der Waals surface area contributed by atoms with E-state index in [0.717, 1.165) is 36.5 Å². The molecule has 0 radical (unpaired) electrons. The number of carbonyl (C=O) groups excluding carboxylic acids is 1. The predicted molar refractivity (Wildman–Crippen MR) is 117 cm³/mol. The van der Waals surface area contributed by atoms with Gasteiger partial charge in [0.25, 0.3) is 5.91 Å². The SMILES string of the molecule is Cc1cnc(-c2cc(NC(=O)c3ccc(OC4CCCN4C)nc3)ccc2Cl)n1C. The molecular weight excluding hydrogens is 402 g/mol. The summed E-state index contributed by atoms with van der Waals surface area (Å²) in [7, 11) is 3.96. The van der Waals surface area contributed by atoms with Crippen LogP contribution >= 0.6 is 11.6 Å². The van der Waals surface area contributed by atoms with Gasteiger partial charge in [0.1, 0.15) is 5.82 Å². The number of likely N-dealkylation sites (tertiary alicyclic amines) is 1. The van der Waals surface area contributed by atoms with Gasteiger partial charge in [-0.25, -0.2) is 9.97 Å². The third-order valence-corrected chi connectivity index (χ3v) is 5.72. The summed E-state index contributed by atoms with van der Waals surface area (Å²) in [4.78, 5) is 23.5. The Kier molecular flexibility index (Phi) is 5.74. The van der Waals surface area contributed by atoms with Crippen molar-refractivity contribution in [3.63, 3.8) is 0 Å². The van der Waals surface area contributed by atoms with Gasteiger partial charge in [0.2, 0.25) is 5.88 Å². The Morgan fingerprint density at radius 1 is 1.20 bits per heavy atom. The van der Waals surface area contributed by atoms with Crippen LogP contribution in [0.4, 0.5) is 5.69 Å². The molecule has 1 fully saturated rings. The summed E-state index contributed by atoms with van der Waals surface area (Å²) in [5.74, 6) is 1.01. The van der Waals surface area contributed by atoms with Crippen LogP contribution in [0.5, 0.6) is 5.88 Å². The Morgan fingerprint density at radius 2 is 2.03 bits per heavy atom. The third-order valence-electron chi connectivity index (χ3n) is 5.39. The molecule has 0 aliphatic carbocycles. The maximum Gasteiger partial charge on any atom is 0.257 e. The molecule has 1 N–H and O–H groups in total. The van der Waals surface area contributed by atoms with Gasteiger partial charge in [-0.15, -0.1) is 0 Å². The highest BCUT2D eigenvalue weighted by Gasteiger charge is 2.22. The molecule has 2 aromatic heterocycles. The van der Waals surface area contributed by atoms with Gasteiger partial charge >= 0.3 is 0 Å². The smallest absolute Gasteiger partial charge is 0.257 e. The van der Waals surface area contributed by atoms with Gasteiger partial charge in [0.15, 0.2) is 6.23 Å². The average molecular weight is 426 g/mol. The minimum atomic E-state index is -0.253. The zero-order valence-electron chi connectivity index (χ0n) is 17.2. The van der Waals surface area contributed by atoms with Crippen LogP contribution < -0.4 is 10.1 Å². The fourth-order valence-electron chi connectivity index (χ4n) is 3.47. The number of halogens is 1. The summed E-state index contributed by atoms with van der Waals surface area (Å²) < 4.78 is 7.85. The molecular formula is C22H24ClN5O2. The number of anilines is 1. The van der Waals surface area contributed by atoms with E-state index in [9.17, 15) is 4.79 Å². The van der Waals surface area contributed by atoms with E-state index in [1.54, 1.807) is 30.5 Å². The van der Waals surface area contributed by atoms with E-state index in [-0.39, 0.29) is 12.1 Å². The van der Waals surface area contributed by atoms with Crippen molar-refractivity contribution in [3.8, 4) is 17.3 Å². The van der Waals surface area contributed by atoms with Crippen LogP contribution in [-0.4, -0.2) is 45.2 Å². The second-order valence-corrected chi connectivity index (χ2v) is 7.92. The highest BCUT2D eigenvalue weighted by molar-refractivity contribution is 6.33. The van der Waals surface area contributed by atoms with Crippen molar-refractivity contribution in [1.29, 1.82) is 0 Å². The molecule has 1 aliphatic rings. The number of nitrogens with one attached hydrogen (secondary N) is 1. The van der Waals surface area contributed by atoms with E-state index < -0.39 is 0 Å². The zero-order chi connectivity index (χ0) is 21.3. The number of nitrogens with zero attached hydrogens (tertiary/aromatic N) is 4. The number of ether oxygens (including phenoxy) is 1. The number of aryl methyl sites for hydroxylation is 1. The number of hydrogen-bond acceptors (Lipinski definition) is 5. The first kappa shape index (κ1) is 20.4. The molecule has 1 atom stereocenters. The van der Waals surface area contributed by atoms with Gasteiger partial charge in [-0.05, 0) is 51.1 Å². The first-order valence-electron chi connectivity index (χ1n) is 9.85. The van der Waals surface area contributed by atoms with Crippen molar-refractivity contribution >= 4 is 23.2 Å². The molecule has 0 bridgehead atoms. The lowest BCUT2D eigenvalue weighted by molar-refractivity contribution is 0.0765. The summed E-state index contributed by atoms with van der Waals surface area (Å²) in [5, 5.41) is 3.47. The van der Waals surface area contributed by atoms with Gasteiger partial charge in [-0.1, -0.05) is 11.6 Å². The van der Waals surface area contributed by atoms with Gasteiger partial charge in [0, 0.05) is 49.0 Å². The molecule has 7 nitrogen and oxygen atoms in total. The van der Waals surface area contributed by atoms with E-state index in [0.29, 0.717) is 22.2 Å². The average Bonchev–Trinajstić information content (AvgIpc) is 3.29. The van der Waals surface area contributed by atoms with E-state index in [1.807, 2.05) is 31.7 Å². The van der Waals surface area contributed by atoms with Gasteiger partial charge in [-0.2, -0.15) is 0 Å². The van der Waals surface area contributed by atoms with E-state index in [2.05, 4.69) is 20.2 Å². The van der Waals surface area contributed by atoms with Crippen molar-refractivity contribution in [2.24, 2.45) is 7.05 Å². The van der Waals surface area contributed by atoms with Gasteiger partial charge in [-0.3, -0.25) is 9.69 Å². The zero-order valence-corrected chi connectivity index (χ0v) is 18.0. The number of benzene rings is 1. The fraction of sp³-hybridized carbons (Fsp3) is 0.318. The monoisotopic (exact) mass is 425 g/mol. The molecule has 4 rings (SSSR count). The summed E-state index contributed by atoms with van der Waals surface area (Å²) in [6.45, 7) is 2.99. The van der Waals surface area contributed by atoms with E-state index >= 15 is 0 Å². The molecule has 30 heavy (non-hydrogen) atoms. The van der Waals surface area contributed by atoms with E-state index in [1.165, 1.54) is 6.20 Å². The molecule has 0 spiro atoms. The summed E-state index contributed by atoms with van der Waals surface area (Å²) >= 11 is 6.37. The Morgan fingerprint density at radius 3 is 2.67 bits per heavy atom. The van der Waals surface area contributed by atoms with Crippen LogP contribution in [-0.2, 0) is 7.05 Å². The fourth-order valence-corrected chi connectivity index (χ4v) is 3.68. The number of imidazole rings is 1. The number of amides is 1. The number of carbonyl (C=O) groups is 1. The molecule has 1 aliphatic heterocycles. The summed E-state index contributed by atoms with van der Waals surface area (Å²) in [6.07, 6.45) is 5.45. The molecule has 156 valence electrons. The van der Waals surface area contributed by atoms with Crippen molar-refractivity contribution < 1.29 is 9.53 Å². The molecule has 3 aromatic rings. The van der Waals surface area contributed by atoms with Crippen LogP contribution in [0.25, 0.3) is 11.4 Å². The topological polar surface area (TPSA) is 72.3 Å². The lowest BCUT2D eigenvalue weighted by Gasteiger charge is -2.20. The molecule has 8 heteroatoms. The second kappa shape index (κ2) is 8.45. The van der Waals surface area contributed by atoms with Crippen molar-refractivity contribution in [2.75, 3.05) is 18.9 Å². The van der Waals surface area contributed by atoms with Gasteiger partial charge in [0.05, 0.1) is 10.6 Å². The number of aromatic nitrogens is 3. The molecule has 1 saturated heterocycles. The minimum Gasteiger partial charge on any atom is -0.458 e. The predicted octanol–water partition coefficient (Wildman–Crippen LogP) is 4.13. The summed E-state index contributed by atoms with van der Waals surface area (Å²) in [6, 6.07) is 8.78. The Balaban J connectivity index is 1.47. The standard InChI is InChI=1S/C22H24ClN5O2/c1-14-12-25-21(28(14)3)17-11-16(7-8-18(17)23)26-22(29)15-6-9-19(24-13-15)30-20-5-4-10-27(20)2/h6-9,11-13,20H,4-5,10H2,1-3H3,(H,26,29). The van der Waals surface area contributed by atoms with Crippen LogP contribution in [0.15, 0.2) is 42.7 Å². The molecule has 1 unspecified atom stereocenters. The van der Waals surface area contributed by atoms with Crippen LogP contribution in [0.1, 0.15) is 28.9 Å². The molecule has 1 amide bonds. The van der Waals surface area contributed by atoms with Gasteiger partial charge < -0.3 is 14.6 Å². The lowest BCUT2D eigenvalue weighted by atomic mass is 10.1. The first-order valence-corrected chi connectivity index (χ1v) is 10.2.